The highest BCUT2D eigenvalue weighted by molar-refractivity contribution is 6.29. The van der Waals surface area contributed by atoms with Crippen molar-refractivity contribution in [3.63, 3.8) is 0 Å². The monoisotopic (exact) mass is 271 g/mol. The molecule has 1 aliphatic carbocycles. The maximum atomic E-state index is 11.7. The summed E-state index contributed by atoms with van der Waals surface area (Å²) in [6.45, 7) is 2.38. The lowest BCUT2D eigenvalue weighted by Gasteiger charge is -2.35. The normalized spacial score (nSPS) is 28.1. The van der Waals surface area contributed by atoms with E-state index >= 15 is 0 Å². The molecule has 1 aliphatic rings. The van der Waals surface area contributed by atoms with Gasteiger partial charge in [-0.2, -0.15) is 0 Å². The second-order valence-corrected chi connectivity index (χ2v) is 5.58. The first-order valence-electron chi connectivity index (χ1n) is 6.24. The number of hydrogen-bond acceptors (Lipinski definition) is 3. The number of nitrogens with one attached hydrogen (secondary N) is 1. The van der Waals surface area contributed by atoms with E-state index < -0.39 is 5.60 Å². The maximum absolute atomic E-state index is 11.7. The Bertz CT molecular complexity index is 432. The minimum Gasteiger partial charge on any atom is -0.440 e. The van der Waals surface area contributed by atoms with E-state index in [4.69, 9.17) is 16.0 Å². The molecule has 2 rings (SSSR count). The number of rotatable bonds is 3. The van der Waals surface area contributed by atoms with Crippen LogP contribution in [0.3, 0.4) is 0 Å². The Kier molecular flexibility index (Phi) is 3.97. The lowest BCUT2D eigenvalue weighted by Crippen LogP contribution is -2.45. The smallest absolute Gasteiger partial charge is 0.287 e. The standard InChI is InChI=1S/C13H18ClNO3/c1-9-3-2-6-13(17,7-9)8-15-12(16)10-4-5-11(14)18-10/h4-5,9,17H,2-3,6-8H2,1H3,(H,15,16). The minimum atomic E-state index is -0.788. The summed E-state index contributed by atoms with van der Waals surface area (Å²) >= 11 is 5.60. The Morgan fingerprint density at radius 3 is 3.06 bits per heavy atom. The van der Waals surface area contributed by atoms with Crippen LogP contribution in [0.2, 0.25) is 5.22 Å². The van der Waals surface area contributed by atoms with Crippen LogP contribution in [0, 0.1) is 5.92 Å². The molecule has 2 N–H and O–H groups in total. The molecule has 1 fully saturated rings. The largest absolute Gasteiger partial charge is 0.440 e. The molecule has 4 nitrogen and oxygen atoms in total. The number of carbonyl (C=O) groups is 1. The Morgan fingerprint density at radius 1 is 1.67 bits per heavy atom. The summed E-state index contributed by atoms with van der Waals surface area (Å²) in [5, 5.41) is 13.3. The number of aliphatic hydroxyl groups is 1. The molecule has 2 unspecified atom stereocenters. The van der Waals surface area contributed by atoms with E-state index in [0.29, 0.717) is 5.92 Å². The lowest BCUT2D eigenvalue weighted by molar-refractivity contribution is -0.0111. The van der Waals surface area contributed by atoms with Crippen molar-refractivity contribution in [2.24, 2.45) is 5.92 Å². The average Bonchev–Trinajstić information content (AvgIpc) is 2.73. The molecule has 0 bridgehead atoms. The van der Waals surface area contributed by atoms with E-state index in [9.17, 15) is 9.90 Å². The third-order valence-electron chi connectivity index (χ3n) is 3.44. The van der Waals surface area contributed by atoms with Gasteiger partial charge >= 0.3 is 0 Å². The highest BCUT2D eigenvalue weighted by Crippen LogP contribution is 2.31. The van der Waals surface area contributed by atoms with Crippen molar-refractivity contribution in [2.45, 2.75) is 38.2 Å². The second-order valence-electron chi connectivity index (χ2n) is 5.21. The quantitative estimate of drug-likeness (QED) is 0.888. The first-order chi connectivity index (χ1) is 8.48. The van der Waals surface area contributed by atoms with Crippen LogP contribution in [-0.2, 0) is 0 Å². The fourth-order valence-corrected chi connectivity index (χ4v) is 2.71. The van der Waals surface area contributed by atoms with Crippen molar-refractivity contribution in [2.75, 3.05) is 6.54 Å². The van der Waals surface area contributed by atoms with Crippen LogP contribution >= 0.6 is 11.6 Å². The molecule has 5 heteroatoms. The molecule has 100 valence electrons. The van der Waals surface area contributed by atoms with Crippen LogP contribution in [0.15, 0.2) is 16.5 Å². The Morgan fingerprint density at radius 2 is 2.44 bits per heavy atom. The number of amides is 1. The fraction of sp³-hybridized carbons (Fsp3) is 0.615. The third kappa shape index (κ3) is 3.27. The Balaban J connectivity index is 1.89. The topological polar surface area (TPSA) is 62.5 Å². The molecule has 0 aromatic carbocycles. The van der Waals surface area contributed by atoms with Gasteiger partial charge in [-0.3, -0.25) is 4.79 Å². The summed E-state index contributed by atoms with van der Waals surface area (Å²) < 4.78 is 5.01. The second kappa shape index (κ2) is 5.33. The van der Waals surface area contributed by atoms with Gasteiger partial charge in [-0.25, -0.2) is 0 Å². The lowest BCUT2D eigenvalue weighted by atomic mass is 9.79. The van der Waals surface area contributed by atoms with Crippen molar-refractivity contribution in [1.29, 1.82) is 0 Å². The predicted molar refractivity (Wildman–Crippen MR) is 68.6 cm³/mol. The van der Waals surface area contributed by atoms with Crippen LogP contribution in [0.4, 0.5) is 0 Å². The van der Waals surface area contributed by atoms with Crippen molar-refractivity contribution >= 4 is 17.5 Å². The van der Waals surface area contributed by atoms with Gasteiger partial charge in [0.1, 0.15) is 0 Å². The van der Waals surface area contributed by atoms with E-state index in [1.807, 2.05) is 0 Å². The average molecular weight is 272 g/mol. The Labute approximate surface area is 111 Å². The summed E-state index contributed by atoms with van der Waals surface area (Å²) in [4.78, 5) is 11.7. The number of carbonyl (C=O) groups excluding carboxylic acids is 1. The minimum absolute atomic E-state index is 0.174. The maximum Gasteiger partial charge on any atom is 0.287 e. The Hall–Kier alpha value is -1.00. The van der Waals surface area contributed by atoms with Gasteiger partial charge < -0.3 is 14.8 Å². The molecule has 1 saturated carbocycles. The van der Waals surface area contributed by atoms with E-state index in [-0.39, 0.29) is 23.4 Å². The van der Waals surface area contributed by atoms with Crippen LogP contribution < -0.4 is 5.32 Å². The highest BCUT2D eigenvalue weighted by atomic mass is 35.5. The van der Waals surface area contributed by atoms with Crippen LogP contribution in [0.25, 0.3) is 0 Å². The molecule has 0 spiro atoms. The molecule has 0 saturated heterocycles. The molecule has 18 heavy (non-hydrogen) atoms. The van der Waals surface area contributed by atoms with Crippen LogP contribution in [0.5, 0.6) is 0 Å². The molecular formula is C13H18ClNO3. The number of hydrogen-bond donors (Lipinski definition) is 2. The molecule has 1 aromatic heterocycles. The van der Waals surface area contributed by atoms with E-state index in [1.165, 1.54) is 12.1 Å². The molecule has 0 radical (unpaired) electrons. The molecule has 0 aliphatic heterocycles. The van der Waals surface area contributed by atoms with Gasteiger partial charge in [-0.05, 0) is 42.5 Å². The zero-order valence-corrected chi connectivity index (χ0v) is 11.2. The number of halogens is 1. The first kappa shape index (κ1) is 13.4. The van der Waals surface area contributed by atoms with Gasteiger partial charge in [0, 0.05) is 6.54 Å². The molecular weight excluding hydrogens is 254 g/mol. The fourth-order valence-electron chi connectivity index (χ4n) is 2.56. The molecule has 1 amide bonds. The first-order valence-corrected chi connectivity index (χ1v) is 6.62. The van der Waals surface area contributed by atoms with Gasteiger partial charge in [0.05, 0.1) is 5.60 Å². The van der Waals surface area contributed by atoms with E-state index in [2.05, 4.69) is 12.2 Å². The van der Waals surface area contributed by atoms with Crippen molar-refractivity contribution in [1.82, 2.24) is 5.32 Å². The zero-order valence-electron chi connectivity index (χ0n) is 10.4. The number of furan rings is 1. The van der Waals surface area contributed by atoms with Crippen LogP contribution in [-0.4, -0.2) is 23.2 Å². The van der Waals surface area contributed by atoms with Gasteiger partial charge in [0.25, 0.3) is 5.91 Å². The summed E-state index contributed by atoms with van der Waals surface area (Å²) in [6, 6.07) is 3.04. The van der Waals surface area contributed by atoms with Crippen molar-refractivity contribution < 1.29 is 14.3 Å². The highest BCUT2D eigenvalue weighted by Gasteiger charge is 2.33. The van der Waals surface area contributed by atoms with Gasteiger partial charge in [-0.15, -0.1) is 0 Å². The summed E-state index contributed by atoms with van der Waals surface area (Å²) in [5.41, 5.74) is -0.788. The summed E-state index contributed by atoms with van der Waals surface area (Å²) in [6.07, 6.45) is 3.60. The summed E-state index contributed by atoms with van der Waals surface area (Å²) in [7, 11) is 0. The molecule has 2 atom stereocenters. The van der Waals surface area contributed by atoms with E-state index in [1.54, 1.807) is 0 Å². The van der Waals surface area contributed by atoms with Crippen molar-refractivity contribution in [3.05, 3.63) is 23.1 Å². The SMILES string of the molecule is CC1CCCC(O)(CNC(=O)c2ccc(Cl)o2)C1. The predicted octanol–water partition coefficient (Wildman–Crippen LogP) is 2.60. The van der Waals surface area contributed by atoms with Crippen molar-refractivity contribution in [3.8, 4) is 0 Å². The third-order valence-corrected chi connectivity index (χ3v) is 3.65. The molecule has 1 aromatic rings. The van der Waals surface area contributed by atoms with Crippen LogP contribution in [0.1, 0.15) is 43.2 Å². The molecule has 1 heterocycles. The van der Waals surface area contributed by atoms with Gasteiger partial charge in [0.15, 0.2) is 11.0 Å². The van der Waals surface area contributed by atoms with E-state index in [0.717, 1.165) is 25.7 Å². The van der Waals surface area contributed by atoms with Gasteiger partial charge in [-0.1, -0.05) is 19.8 Å². The zero-order chi connectivity index (χ0) is 13.2. The summed E-state index contributed by atoms with van der Waals surface area (Å²) in [5.74, 6) is 0.333. The van der Waals surface area contributed by atoms with Gasteiger partial charge in [0.2, 0.25) is 0 Å².